The van der Waals surface area contributed by atoms with Gasteiger partial charge in [-0.3, -0.25) is 4.79 Å². The van der Waals surface area contributed by atoms with Gasteiger partial charge in [0, 0.05) is 17.8 Å². The number of amides is 2. The van der Waals surface area contributed by atoms with Gasteiger partial charge in [0.2, 0.25) is 0 Å². The lowest BCUT2D eigenvalue weighted by atomic mass is 9.97. The fourth-order valence-electron chi connectivity index (χ4n) is 1.49. The number of Topliss-reactive ketones (excluding diaryl/α,β-unsaturated/α-hetero) is 1. The highest BCUT2D eigenvalue weighted by Crippen LogP contribution is 2.17. The first-order chi connectivity index (χ1) is 8.69. The first kappa shape index (κ1) is 15.2. The summed E-state index contributed by atoms with van der Waals surface area (Å²) in [6.45, 7) is 10.1. The van der Waals surface area contributed by atoms with Crippen molar-refractivity contribution in [3.8, 4) is 0 Å². The van der Waals surface area contributed by atoms with E-state index in [1.807, 2.05) is 13.0 Å². The molecule has 0 unspecified atom stereocenters. The molecule has 2 amide bonds. The molecular formula is C15H22N2O2. The minimum Gasteiger partial charge on any atom is -0.337 e. The Kier molecular flexibility index (Phi) is 4.70. The number of nitrogens with one attached hydrogen (secondary N) is 2. The van der Waals surface area contributed by atoms with Crippen molar-refractivity contribution in [3.05, 3.63) is 29.3 Å². The molecule has 1 aromatic rings. The van der Waals surface area contributed by atoms with Crippen molar-refractivity contribution in [1.29, 1.82) is 0 Å². The van der Waals surface area contributed by atoms with Gasteiger partial charge in [-0.2, -0.15) is 0 Å². The summed E-state index contributed by atoms with van der Waals surface area (Å²) in [5, 5.41) is 5.59. The molecule has 2 N–H and O–H groups in total. The van der Waals surface area contributed by atoms with E-state index in [9.17, 15) is 9.59 Å². The number of hydrogen-bond acceptors (Lipinski definition) is 2. The molecule has 19 heavy (non-hydrogen) atoms. The number of benzene rings is 1. The maximum atomic E-state index is 11.8. The summed E-state index contributed by atoms with van der Waals surface area (Å²) in [4.78, 5) is 23.1. The minimum absolute atomic E-state index is 0.0156. The fourth-order valence-corrected chi connectivity index (χ4v) is 1.49. The summed E-state index contributed by atoms with van der Waals surface area (Å²) in [5.74, 6) is -0.0156. The third kappa shape index (κ3) is 5.12. The minimum atomic E-state index is -0.251. The standard InChI is InChI=1S/C15H22N2O2/c1-10-6-7-12(11(2)18)8-13(10)17-14(19)16-9-15(3,4)5/h6-8H,9H2,1-5H3,(H2,16,17,19). The zero-order chi connectivity index (χ0) is 14.6. The second-order valence-corrected chi connectivity index (χ2v) is 5.95. The van der Waals surface area contributed by atoms with Gasteiger partial charge in [-0.25, -0.2) is 4.79 Å². The summed E-state index contributed by atoms with van der Waals surface area (Å²) >= 11 is 0. The van der Waals surface area contributed by atoms with Crippen LogP contribution in [0.5, 0.6) is 0 Å². The maximum Gasteiger partial charge on any atom is 0.319 e. The normalized spacial score (nSPS) is 11.0. The van der Waals surface area contributed by atoms with Gasteiger partial charge in [-0.1, -0.05) is 32.9 Å². The monoisotopic (exact) mass is 262 g/mol. The molecule has 1 rings (SSSR count). The second-order valence-electron chi connectivity index (χ2n) is 5.95. The Bertz CT molecular complexity index is 487. The SMILES string of the molecule is CC(=O)c1ccc(C)c(NC(=O)NCC(C)(C)C)c1. The molecule has 0 aliphatic rings. The number of ketones is 1. The maximum absolute atomic E-state index is 11.8. The molecule has 4 nitrogen and oxygen atoms in total. The Morgan fingerprint density at radius 2 is 1.84 bits per heavy atom. The topological polar surface area (TPSA) is 58.2 Å². The molecule has 0 fully saturated rings. The van der Waals surface area contributed by atoms with Crippen molar-refractivity contribution in [3.63, 3.8) is 0 Å². The molecule has 0 saturated carbocycles. The van der Waals surface area contributed by atoms with Crippen LogP contribution in [0, 0.1) is 12.3 Å². The predicted molar refractivity (Wildman–Crippen MR) is 77.7 cm³/mol. The molecular weight excluding hydrogens is 240 g/mol. The Morgan fingerprint density at radius 1 is 1.21 bits per heavy atom. The highest BCUT2D eigenvalue weighted by atomic mass is 16.2. The zero-order valence-electron chi connectivity index (χ0n) is 12.3. The molecule has 0 atom stereocenters. The number of rotatable bonds is 3. The number of aryl methyl sites for hydroxylation is 1. The van der Waals surface area contributed by atoms with E-state index in [1.165, 1.54) is 6.92 Å². The summed E-state index contributed by atoms with van der Waals surface area (Å²) in [6.07, 6.45) is 0. The summed E-state index contributed by atoms with van der Waals surface area (Å²) < 4.78 is 0. The molecule has 0 aliphatic carbocycles. The van der Waals surface area contributed by atoms with Gasteiger partial charge < -0.3 is 10.6 Å². The van der Waals surface area contributed by atoms with Gasteiger partial charge in [-0.15, -0.1) is 0 Å². The number of anilines is 1. The van der Waals surface area contributed by atoms with E-state index in [2.05, 4.69) is 31.4 Å². The van der Waals surface area contributed by atoms with E-state index in [0.29, 0.717) is 17.8 Å². The van der Waals surface area contributed by atoms with Crippen molar-refractivity contribution in [2.45, 2.75) is 34.6 Å². The average molecular weight is 262 g/mol. The average Bonchev–Trinajstić information content (AvgIpc) is 2.28. The fraction of sp³-hybridized carbons (Fsp3) is 0.467. The van der Waals surface area contributed by atoms with Crippen LogP contribution in [-0.4, -0.2) is 18.4 Å². The second kappa shape index (κ2) is 5.87. The van der Waals surface area contributed by atoms with Crippen molar-refractivity contribution in [2.75, 3.05) is 11.9 Å². The summed E-state index contributed by atoms with van der Waals surface area (Å²) in [6, 6.07) is 5.04. The largest absolute Gasteiger partial charge is 0.337 e. The summed E-state index contributed by atoms with van der Waals surface area (Å²) in [7, 11) is 0. The molecule has 0 aromatic heterocycles. The highest BCUT2D eigenvalue weighted by molar-refractivity contribution is 5.97. The number of carbonyl (C=O) groups is 2. The van der Waals surface area contributed by atoms with Crippen molar-refractivity contribution >= 4 is 17.5 Å². The lowest BCUT2D eigenvalue weighted by Crippen LogP contribution is -2.35. The Hall–Kier alpha value is -1.84. The number of urea groups is 1. The molecule has 4 heteroatoms. The lowest BCUT2D eigenvalue weighted by molar-refractivity contribution is 0.101. The van der Waals surface area contributed by atoms with Gasteiger partial charge in [0.15, 0.2) is 5.78 Å². The van der Waals surface area contributed by atoms with Crippen LogP contribution >= 0.6 is 0 Å². The van der Waals surface area contributed by atoms with E-state index >= 15 is 0 Å². The molecule has 104 valence electrons. The van der Waals surface area contributed by atoms with E-state index in [4.69, 9.17) is 0 Å². The first-order valence-electron chi connectivity index (χ1n) is 6.35. The molecule has 1 aromatic carbocycles. The van der Waals surface area contributed by atoms with Crippen LogP contribution in [0.25, 0.3) is 0 Å². The third-order valence-electron chi connectivity index (χ3n) is 2.67. The third-order valence-corrected chi connectivity index (χ3v) is 2.67. The van der Waals surface area contributed by atoms with E-state index in [1.54, 1.807) is 12.1 Å². The molecule has 0 radical (unpaired) electrons. The van der Waals surface area contributed by atoms with Gasteiger partial charge in [0.05, 0.1) is 0 Å². The van der Waals surface area contributed by atoms with Gasteiger partial charge in [0.1, 0.15) is 0 Å². The Labute approximate surface area is 114 Å². The summed E-state index contributed by atoms with van der Waals surface area (Å²) in [5.41, 5.74) is 2.22. The molecule has 0 spiro atoms. The predicted octanol–water partition coefficient (Wildman–Crippen LogP) is 3.37. The number of hydrogen-bond donors (Lipinski definition) is 2. The van der Waals surface area contributed by atoms with Crippen LogP contribution in [-0.2, 0) is 0 Å². The van der Waals surface area contributed by atoms with Crippen LogP contribution in [0.4, 0.5) is 10.5 Å². The Morgan fingerprint density at radius 3 is 2.37 bits per heavy atom. The van der Waals surface area contributed by atoms with Crippen molar-refractivity contribution in [1.82, 2.24) is 5.32 Å². The van der Waals surface area contributed by atoms with Gasteiger partial charge >= 0.3 is 6.03 Å². The van der Waals surface area contributed by atoms with E-state index in [-0.39, 0.29) is 17.2 Å². The van der Waals surface area contributed by atoms with E-state index < -0.39 is 0 Å². The van der Waals surface area contributed by atoms with Crippen LogP contribution in [0.15, 0.2) is 18.2 Å². The van der Waals surface area contributed by atoms with Gasteiger partial charge in [-0.05, 0) is 30.9 Å². The van der Waals surface area contributed by atoms with Crippen LogP contribution in [0.1, 0.15) is 43.6 Å². The van der Waals surface area contributed by atoms with E-state index in [0.717, 1.165) is 5.56 Å². The molecule has 0 bridgehead atoms. The smallest absolute Gasteiger partial charge is 0.319 e. The number of carbonyl (C=O) groups excluding carboxylic acids is 2. The van der Waals surface area contributed by atoms with Crippen LogP contribution in [0.3, 0.4) is 0 Å². The van der Waals surface area contributed by atoms with Crippen LogP contribution < -0.4 is 10.6 Å². The lowest BCUT2D eigenvalue weighted by Gasteiger charge is -2.19. The first-order valence-corrected chi connectivity index (χ1v) is 6.35. The quantitative estimate of drug-likeness (QED) is 0.820. The van der Waals surface area contributed by atoms with Crippen molar-refractivity contribution in [2.24, 2.45) is 5.41 Å². The van der Waals surface area contributed by atoms with Gasteiger partial charge in [0.25, 0.3) is 0 Å². The zero-order valence-corrected chi connectivity index (χ0v) is 12.3. The highest BCUT2D eigenvalue weighted by Gasteiger charge is 2.12. The Balaban J connectivity index is 2.73. The van der Waals surface area contributed by atoms with Crippen LogP contribution in [0.2, 0.25) is 0 Å². The van der Waals surface area contributed by atoms with Crippen molar-refractivity contribution < 1.29 is 9.59 Å². The molecule has 0 aliphatic heterocycles. The molecule has 0 heterocycles. The molecule has 0 saturated heterocycles.